The first-order chi connectivity index (χ1) is 8.17. The molecule has 1 aromatic heterocycles. The fourth-order valence-electron chi connectivity index (χ4n) is 1.69. The van der Waals surface area contributed by atoms with Crippen molar-refractivity contribution in [3.05, 3.63) is 11.2 Å². The molecule has 17 heavy (non-hydrogen) atoms. The molecule has 5 nitrogen and oxygen atoms in total. The van der Waals surface area contributed by atoms with Crippen molar-refractivity contribution in [1.29, 1.82) is 0 Å². The van der Waals surface area contributed by atoms with E-state index in [4.69, 9.17) is 22.4 Å². The first kappa shape index (κ1) is 14.0. The molecule has 0 fully saturated rings. The van der Waals surface area contributed by atoms with E-state index in [1.54, 1.807) is 0 Å². The van der Waals surface area contributed by atoms with Crippen LogP contribution in [-0.4, -0.2) is 28.2 Å². The maximum atomic E-state index is 8.96. The van der Waals surface area contributed by atoms with Gasteiger partial charge in [0, 0.05) is 13.2 Å². The van der Waals surface area contributed by atoms with E-state index in [0.29, 0.717) is 16.8 Å². The highest BCUT2D eigenvalue weighted by atomic mass is 35.5. The summed E-state index contributed by atoms with van der Waals surface area (Å²) in [5.74, 6) is 1.17. The zero-order chi connectivity index (χ0) is 12.7. The normalized spacial score (nSPS) is 12.4. The molecule has 0 aliphatic rings. The van der Waals surface area contributed by atoms with Gasteiger partial charge in [-0.05, 0) is 18.8 Å². The second-order valence-electron chi connectivity index (χ2n) is 3.97. The predicted octanol–water partition coefficient (Wildman–Crippen LogP) is 1.92. The number of aliphatic hydroxyl groups is 1. The third-order valence-electron chi connectivity index (χ3n) is 2.56. The molecule has 0 spiro atoms. The lowest BCUT2D eigenvalue weighted by atomic mass is 10.0. The first-order valence-electron chi connectivity index (χ1n) is 5.80. The van der Waals surface area contributed by atoms with Gasteiger partial charge in [0.1, 0.15) is 10.8 Å². The van der Waals surface area contributed by atoms with Crippen molar-refractivity contribution in [3.63, 3.8) is 0 Å². The van der Waals surface area contributed by atoms with Crippen molar-refractivity contribution < 1.29 is 5.11 Å². The lowest BCUT2D eigenvalue weighted by Crippen LogP contribution is -2.17. The molecule has 0 aliphatic heterocycles. The largest absolute Gasteiger partial charge is 0.396 e. The predicted molar refractivity (Wildman–Crippen MR) is 70.0 cm³/mol. The second-order valence-corrected chi connectivity index (χ2v) is 4.38. The third kappa shape index (κ3) is 4.75. The maximum absolute atomic E-state index is 8.96. The summed E-state index contributed by atoms with van der Waals surface area (Å²) < 4.78 is 0. The maximum Gasteiger partial charge on any atom is 0.222 e. The molecule has 1 rings (SSSR count). The van der Waals surface area contributed by atoms with Crippen molar-refractivity contribution in [1.82, 2.24) is 9.97 Å². The standard InChI is InChI=1S/C11H19ClN4O/c1-2-3-8(4-5-17)6-14-10-9(12)7-15-11(13)16-10/h7-8,17H,2-6H2,1H3,(H3,13,14,15,16). The van der Waals surface area contributed by atoms with Gasteiger partial charge < -0.3 is 16.2 Å². The summed E-state index contributed by atoms with van der Waals surface area (Å²) in [7, 11) is 0. The van der Waals surface area contributed by atoms with Gasteiger partial charge in [-0.25, -0.2) is 4.98 Å². The lowest BCUT2D eigenvalue weighted by molar-refractivity contribution is 0.255. The van der Waals surface area contributed by atoms with E-state index in [2.05, 4.69) is 22.2 Å². The zero-order valence-corrected chi connectivity index (χ0v) is 10.7. The van der Waals surface area contributed by atoms with Crippen LogP contribution in [0.2, 0.25) is 5.02 Å². The molecular formula is C11H19ClN4O. The van der Waals surface area contributed by atoms with Crippen molar-refractivity contribution in [2.75, 3.05) is 24.2 Å². The van der Waals surface area contributed by atoms with E-state index in [1.165, 1.54) is 6.20 Å². The van der Waals surface area contributed by atoms with Crippen LogP contribution < -0.4 is 11.1 Å². The zero-order valence-electron chi connectivity index (χ0n) is 9.99. The van der Waals surface area contributed by atoms with Crippen LogP contribution in [0, 0.1) is 5.92 Å². The Bertz CT molecular complexity index is 342. The monoisotopic (exact) mass is 258 g/mol. The van der Waals surface area contributed by atoms with E-state index < -0.39 is 0 Å². The van der Waals surface area contributed by atoms with Crippen molar-refractivity contribution in [2.24, 2.45) is 5.92 Å². The van der Waals surface area contributed by atoms with Gasteiger partial charge in [0.15, 0.2) is 0 Å². The van der Waals surface area contributed by atoms with E-state index in [-0.39, 0.29) is 12.6 Å². The molecule has 96 valence electrons. The number of aromatic nitrogens is 2. The molecule has 1 heterocycles. The Morgan fingerprint density at radius 1 is 1.53 bits per heavy atom. The number of rotatable bonds is 7. The van der Waals surface area contributed by atoms with Gasteiger partial charge in [-0.1, -0.05) is 24.9 Å². The minimum absolute atomic E-state index is 0.200. The van der Waals surface area contributed by atoms with Crippen molar-refractivity contribution >= 4 is 23.4 Å². The molecule has 0 aliphatic carbocycles. The van der Waals surface area contributed by atoms with Crippen LogP contribution in [0.4, 0.5) is 11.8 Å². The van der Waals surface area contributed by atoms with Gasteiger partial charge in [-0.2, -0.15) is 4.98 Å². The number of nitrogen functional groups attached to an aromatic ring is 1. The molecule has 1 aromatic rings. The highest BCUT2D eigenvalue weighted by Crippen LogP contribution is 2.20. The van der Waals surface area contributed by atoms with Gasteiger partial charge in [0.25, 0.3) is 0 Å². The molecule has 6 heteroatoms. The van der Waals surface area contributed by atoms with Crippen LogP contribution >= 0.6 is 11.6 Å². The summed E-state index contributed by atoms with van der Waals surface area (Å²) in [6, 6.07) is 0. The number of nitrogens with zero attached hydrogens (tertiary/aromatic N) is 2. The van der Waals surface area contributed by atoms with Crippen LogP contribution in [0.15, 0.2) is 6.20 Å². The van der Waals surface area contributed by atoms with Crippen LogP contribution in [0.1, 0.15) is 26.2 Å². The number of anilines is 2. The van der Waals surface area contributed by atoms with Gasteiger partial charge in [0.05, 0.1) is 6.20 Å². The molecule has 1 atom stereocenters. The Morgan fingerprint density at radius 2 is 2.29 bits per heavy atom. The highest BCUT2D eigenvalue weighted by Gasteiger charge is 2.09. The van der Waals surface area contributed by atoms with E-state index in [0.717, 1.165) is 25.8 Å². The van der Waals surface area contributed by atoms with Crippen LogP contribution in [0.3, 0.4) is 0 Å². The highest BCUT2D eigenvalue weighted by molar-refractivity contribution is 6.32. The Kier molecular flexibility index (Phi) is 6.00. The molecule has 4 N–H and O–H groups in total. The summed E-state index contributed by atoms with van der Waals surface area (Å²) in [5.41, 5.74) is 5.49. The Morgan fingerprint density at radius 3 is 2.94 bits per heavy atom. The summed E-state index contributed by atoms with van der Waals surface area (Å²) in [6.07, 6.45) is 4.41. The Balaban J connectivity index is 2.55. The topological polar surface area (TPSA) is 84.1 Å². The number of aliphatic hydroxyl groups excluding tert-OH is 1. The fraction of sp³-hybridized carbons (Fsp3) is 0.636. The van der Waals surface area contributed by atoms with Crippen molar-refractivity contribution in [2.45, 2.75) is 26.2 Å². The summed E-state index contributed by atoms with van der Waals surface area (Å²) in [5, 5.41) is 12.6. The number of nitrogens with two attached hydrogens (primary N) is 1. The van der Waals surface area contributed by atoms with E-state index in [9.17, 15) is 0 Å². The summed E-state index contributed by atoms with van der Waals surface area (Å²) in [4.78, 5) is 7.82. The van der Waals surface area contributed by atoms with Crippen LogP contribution in [-0.2, 0) is 0 Å². The molecule has 0 radical (unpaired) electrons. The average molecular weight is 259 g/mol. The Hall–Kier alpha value is -1.07. The summed E-state index contributed by atoms with van der Waals surface area (Å²) in [6.45, 7) is 3.05. The number of hydrogen-bond donors (Lipinski definition) is 3. The van der Waals surface area contributed by atoms with Gasteiger partial charge >= 0.3 is 0 Å². The molecule has 0 bridgehead atoms. The summed E-state index contributed by atoms with van der Waals surface area (Å²) >= 11 is 5.94. The first-order valence-corrected chi connectivity index (χ1v) is 6.17. The third-order valence-corrected chi connectivity index (χ3v) is 2.83. The van der Waals surface area contributed by atoms with Crippen LogP contribution in [0.5, 0.6) is 0 Å². The molecule has 0 saturated carbocycles. The molecular weight excluding hydrogens is 240 g/mol. The second kappa shape index (κ2) is 7.29. The minimum Gasteiger partial charge on any atom is -0.396 e. The molecule has 0 amide bonds. The lowest BCUT2D eigenvalue weighted by Gasteiger charge is -2.16. The van der Waals surface area contributed by atoms with Crippen molar-refractivity contribution in [3.8, 4) is 0 Å². The quantitative estimate of drug-likeness (QED) is 0.696. The van der Waals surface area contributed by atoms with E-state index in [1.807, 2.05) is 0 Å². The van der Waals surface area contributed by atoms with E-state index >= 15 is 0 Å². The van der Waals surface area contributed by atoms with Gasteiger partial charge in [-0.15, -0.1) is 0 Å². The molecule has 0 aromatic carbocycles. The van der Waals surface area contributed by atoms with Crippen LogP contribution in [0.25, 0.3) is 0 Å². The molecule has 1 unspecified atom stereocenters. The average Bonchev–Trinajstić information content (AvgIpc) is 2.30. The smallest absolute Gasteiger partial charge is 0.222 e. The fourth-order valence-corrected chi connectivity index (χ4v) is 1.84. The Labute approximate surface area is 106 Å². The number of halogens is 1. The molecule has 0 saturated heterocycles. The van der Waals surface area contributed by atoms with Gasteiger partial charge in [0.2, 0.25) is 5.95 Å². The SMILES string of the molecule is CCCC(CCO)CNc1nc(N)ncc1Cl. The number of nitrogens with one attached hydrogen (secondary N) is 1. The number of hydrogen-bond acceptors (Lipinski definition) is 5. The minimum atomic E-state index is 0.200. The van der Waals surface area contributed by atoms with Gasteiger partial charge in [-0.3, -0.25) is 0 Å².